The molecule has 2 fully saturated rings. The molecule has 0 spiro atoms. The summed E-state index contributed by atoms with van der Waals surface area (Å²) in [6.07, 6.45) is 0. The van der Waals surface area contributed by atoms with Gasteiger partial charge < -0.3 is 19.4 Å². The van der Waals surface area contributed by atoms with E-state index in [1.807, 2.05) is 17.0 Å². The third kappa shape index (κ3) is 4.18. The molecule has 1 N–H and O–H groups in total. The Morgan fingerprint density at radius 1 is 1.16 bits per heavy atom. The van der Waals surface area contributed by atoms with E-state index in [0.29, 0.717) is 28.8 Å². The Morgan fingerprint density at radius 2 is 1.90 bits per heavy atom. The number of halogens is 3. The summed E-state index contributed by atoms with van der Waals surface area (Å²) in [5.41, 5.74) is 0.804. The van der Waals surface area contributed by atoms with Crippen molar-refractivity contribution in [3.8, 4) is 17.2 Å². The third-order valence-corrected chi connectivity index (χ3v) is 6.12. The maximum atomic E-state index is 13.4. The molecule has 1 amide bonds. The van der Waals surface area contributed by atoms with Gasteiger partial charge in [-0.25, -0.2) is 4.39 Å². The molecule has 31 heavy (non-hydrogen) atoms. The van der Waals surface area contributed by atoms with E-state index >= 15 is 0 Å². The van der Waals surface area contributed by atoms with Crippen molar-refractivity contribution in [2.45, 2.75) is 6.04 Å². The maximum Gasteiger partial charge on any atom is 0.318 e. The van der Waals surface area contributed by atoms with Crippen molar-refractivity contribution in [3.05, 3.63) is 58.3 Å². The SMILES string of the molecule is O=C(COc1ccc(Cl)c(F)c1)N[C@H]1[C@@H]2CN(c3nnc(-c4ccc(Cl)cc4)o3)C[C@@H]21. The summed E-state index contributed by atoms with van der Waals surface area (Å²) in [5, 5.41) is 11.9. The Hall–Kier alpha value is -2.84. The number of nitrogens with zero attached hydrogens (tertiary/aromatic N) is 3. The summed E-state index contributed by atoms with van der Waals surface area (Å²) in [6.45, 7) is 1.26. The van der Waals surface area contributed by atoms with Crippen molar-refractivity contribution < 1.29 is 18.3 Å². The fraction of sp³-hybridized carbons (Fsp3) is 0.286. The number of carbonyl (C=O) groups excluding carboxylic acids is 1. The van der Waals surface area contributed by atoms with Crippen LogP contribution in [-0.2, 0) is 4.79 Å². The molecule has 2 aromatic carbocycles. The van der Waals surface area contributed by atoms with Gasteiger partial charge in [0.2, 0.25) is 5.89 Å². The predicted molar refractivity (Wildman–Crippen MR) is 113 cm³/mol. The molecule has 7 nitrogen and oxygen atoms in total. The van der Waals surface area contributed by atoms with Gasteiger partial charge in [-0.2, -0.15) is 0 Å². The molecule has 1 aliphatic heterocycles. The van der Waals surface area contributed by atoms with Crippen LogP contribution in [0.5, 0.6) is 5.75 Å². The Kier molecular flexibility index (Phi) is 5.19. The molecule has 2 aliphatic rings. The number of benzene rings is 2. The number of carbonyl (C=O) groups is 1. The number of piperidine rings is 1. The second-order valence-corrected chi connectivity index (χ2v) is 8.43. The summed E-state index contributed by atoms with van der Waals surface area (Å²) >= 11 is 11.5. The number of amides is 1. The van der Waals surface area contributed by atoms with Crippen molar-refractivity contribution in [2.24, 2.45) is 11.8 Å². The van der Waals surface area contributed by atoms with Gasteiger partial charge >= 0.3 is 6.01 Å². The molecular formula is C21H17Cl2FN4O3. The minimum absolute atomic E-state index is 0.00805. The largest absolute Gasteiger partial charge is 0.484 e. The van der Waals surface area contributed by atoms with Crippen LogP contribution < -0.4 is 15.0 Å². The average Bonchev–Trinajstić information content (AvgIpc) is 3.15. The van der Waals surface area contributed by atoms with E-state index in [1.165, 1.54) is 12.1 Å². The number of nitrogens with one attached hydrogen (secondary N) is 1. The van der Waals surface area contributed by atoms with Crippen molar-refractivity contribution >= 4 is 35.1 Å². The second-order valence-electron chi connectivity index (χ2n) is 7.59. The number of hydrogen-bond donors (Lipinski definition) is 1. The normalized spacial score (nSPS) is 21.6. The van der Waals surface area contributed by atoms with Gasteiger partial charge in [0.15, 0.2) is 6.61 Å². The van der Waals surface area contributed by atoms with Gasteiger partial charge in [0.05, 0.1) is 5.02 Å². The minimum atomic E-state index is -0.586. The highest BCUT2D eigenvalue weighted by Gasteiger charge is 2.57. The van der Waals surface area contributed by atoms with E-state index < -0.39 is 5.82 Å². The van der Waals surface area contributed by atoms with E-state index in [0.717, 1.165) is 24.7 Å². The van der Waals surface area contributed by atoms with Gasteiger partial charge in [0, 0.05) is 47.6 Å². The Morgan fingerprint density at radius 3 is 2.61 bits per heavy atom. The van der Waals surface area contributed by atoms with Gasteiger partial charge in [0.25, 0.3) is 5.91 Å². The predicted octanol–water partition coefficient (Wildman–Crippen LogP) is 3.81. The van der Waals surface area contributed by atoms with Crippen molar-refractivity contribution in [3.63, 3.8) is 0 Å². The smallest absolute Gasteiger partial charge is 0.318 e. The first-order valence-corrected chi connectivity index (χ1v) is 10.4. The van der Waals surface area contributed by atoms with Crippen LogP contribution in [0.3, 0.4) is 0 Å². The molecule has 0 radical (unpaired) electrons. The minimum Gasteiger partial charge on any atom is -0.484 e. The number of anilines is 1. The Bertz CT molecular complexity index is 1110. The molecule has 10 heteroatoms. The van der Waals surface area contributed by atoms with Crippen LogP contribution in [-0.4, -0.2) is 41.8 Å². The van der Waals surface area contributed by atoms with Crippen molar-refractivity contribution in [1.29, 1.82) is 0 Å². The zero-order valence-corrected chi connectivity index (χ0v) is 17.6. The first-order valence-electron chi connectivity index (χ1n) is 9.69. The molecule has 2 heterocycles. The lowest BCUT2D eigenvalue weighted by molar-refractivity contribution is -0.123. The number of ether oxygens (including phenoxy) is 1. The summed E-state index contributed by atoms with van der Waals surface area (Å²) in [7, 11) is 0. The van der Waals surface area contributed by atoms with E-state index in [-0.39, 0.29) is 29.3 Å². The zero-order chi connectivity index (χ0) is 21.5. The molecule has 0 bridgehead atoms. The summed E-state index contributed by atoms with van der Waals surface area (Å²) in [4.78, 5) is 14.2. The molecule has 1 saturated heterocycles. The second kappa shape index (κ2) is 8.01. The molecule has 3 aromatic rings. The molecule has 0 unspecified atom stereocenters. The van der Waals surface area contributed by atoms with Gasteiger partial charge in [-0.15, -0.1) is 5.10 Å². The standard InChI is InChI=1S/C21H17Cl2FN4O3/c22-12-3-1-11(2-4-12)20-26-27-21(31-20)28-8-14-15(9-28)19(14)25-18(29)10-30-13-5-6-16(23)17(24)7-13/h1-7,14-15,19H,8-10H2,(H,25,29)/t14-,15+,19+. The Labute approximate surface area is 187 Å². The molecule has 1 aromatic heterocycles. The summed E-state index contributed by atoms with van der Waals surface area (Å²) in [5.74, 6) is 0.506. The quantitative estimate of drug-likeness (QED) is 0.599. The van der Waals surface area contributed by atoms with Crippen LogP contribution in [0, 0.1) is 17.7 Å². The third-order valence-electron chi connectivity index (χ3n) is 5.56. The monoisotopic (exact) mass is 462 g/mol. The topological polar surface area (TPSA) is 80.5 Å². The van der Waals surface area contributed by atoms with Crippen molar-refractivity contribution in [1.82, 2.24) is 15.5 Å². The maximum absolute atomic E-state index is 13.4. The highest BCUT2D eigenvalue weighted by Crippen LogP contribution is 2.46. The van der Waals surface area contributed by atoms with Crippen molar-refractivity contribution in [2.75, 3.05) is 24.6 Å². The molecule has 1 saturated carbocycles. The van der Waals surface area contributed by atoms with E-state index in [2.05, 4.69) is 15.5 Å². The average molecular weight is 463 g/mol. The van der Waals surface area contributed by atoms with Crippen LogP contribution in [0.1, 0.15) is 0 Å². The zero-order valence-electron chi connectivity index (χ0n) is 16.1. The van der Waals surface area contributed by atoms with Crippen LogP contribution in [0.2, 0.25) is 10.0 Å². The lowest BCUT2D eigenvalue weighted by Crippen LogP contribution is -2.37. The summed E-state index contributed by atoms with van der Waals surface area (Å²) < 4.78 is 24.6. The van der Waals surface area contributed by atoms with Gasteiger partial charge in [-0.1, -0.05) is 28.3 Å². The molecule has 1 aliphatic carbocycles. The van der Waals surface area contributed by atoms with Gasteiger partial charge in [-0.3, -0.25) is 4.79 Å². The fourth-order valence-electron chi connectivity index (χ4n) is 3.89. The molecule has 5 rings (SSSR count). The first kappa shape index (κ1) is 20.1. The number of hydrogen-bond acceptors (Lipinski definition) is 6. The van der Waals surface area contributed by atoms with Crippen LogP contribution in [0.25, 0.3) is 11.5 Å². The Balaban J connectivity index is 1.11. The van der Waals surface area contributed by atoms with Crippen LogP contribution in [0.4, 0.5) is 10.4 Å². The number of aromatic nitrogens is 2. The fourth-order valence-corrected chi connectivity index (χ4v) is 4.14. The van der Waals surface area contributed by atoms with Gasteiger partial charge in [0.1, 0.15) is 11.6 Å². The van der Waals surface area contributed by atoms with Crippen LogP contribution >= 0.6 is 23.2 Å². The molecule has 3 atom stereocenters. The van der Waals surface area contributed by atoms with E-state index in [9.17, 15) is 9.18 Å². The van der Waals surface area contributed by atoms with Gasteiger partial charge in [-0.05, 0) is 36.4 Å². The number of fused-ring (bicyclic) bond motifs is 1. The highest BCUT2D eigenvalue weighted by atomic mass is 35.5. The lowest BCUT2D eigenvalue weighted by atomic mass is 10.2. The van der Waals surface area contributed by atoms with E-state index in [1.54, 1.807) is 12.1 Å². The highest BCUT2D eigenvalue weighted by molar-refractivity contribution is 6.31. The summed E-state index contributed by atoms with van der Waals surface area (Å²) in [6, 6.07) is 11.8. The van der Waals surface area contributed by atoms with E-state index in [4.69, 9.17) is 32.4 Å². The molecular weight excluding hydrogens is 446 g/mol. The number of rotatable bonds is 6. The first-order chi connectivity index (χ1) is 15.0. The lowest BCUT2D eigenvalue weighted by Gasteiger charge is -2.17. The van der Waals surface area contributed by atoms with Crippen LogP contribution in [0.15, 0.2) is 46.9 Å². The molecule has 160 valence electrons.